The zero-order valence-corrected chi connectivity index (χ0v) is 19.2. The molecule has 1 amide bonds. The van der Waals surface area contributed by atoms with Crippen LogP contribution in [0, 0.1) is 24.0 Å². The number of fused-ring (bicyclic) bond motifs is 5. The van der Waals surface area contributed by atoms with Crippen LogP contribution in [0.2, 0.25) is 0 Å². The zero-order chi connectivity index (χ0) is 23.5. The van der Waals surface area contributed by atoms with Gasteiger partial charge in [0.15, 0.2) is 0 Å². The topological polar surface area (TPSA) is 72.1 Å². The number of aromatic nitrogens is 3. The van der Waals surface area contributed by atoms with E-state index >= 15 is 0 Å². The summed E-state index contributed by atoms with van der Waals surface area (Å²) in [5.74, 6) is -1.15. The highest BCUT2D eigenvalue weighted by Crippen LogP contribution is 2.67. The number of hydrogen-bond acceptors (Lipinski definition) is 5. The van der Waals surface area contributed by atoms with Gasteiger partial charge < -0.3 is 9.42 Å². The summed E-state index contributed by atoms with van der Waals surface area (Å²) in [6, 6.07) is 7.21. The van der Waals surface area contributed by atoms with Crippen molar-refractivity contribution in [3.05, 3.63) is 64.7 Å². The van der Waals surface area contributed by atoms with E-state index in [1.165, 1.54) is 18.2 Å². The lowest BCUT2D eigenvalue weighted by atomic mass is 9.68. The summed E-state index contributed by atoms with van der Waals surface area (Å²) in [4.78, 5) is 14.9. The molecular formula is C25H26F2N4O2. The minimum Gasteiger partial charge on any atom is -0.351 e. The van der Waals surface area contributed by atoms with Gasteiger partial charge in [0.25, 0.3) is 5.91 Å². The van der Waals surface area contributed by atoms with Gasteiger partial charge in [0, 0.05) is 24.6 Å². The number of amides is 1. The number of carbonyl (C=O) groups is 1. The van der Waals surface area contributed by atoms with E-state index in [1.54, 1.807) is 24.0 Å². The van der Waals surface area contributed by atoms with Crippen molar-refractivity contribution in [1.82, 2.24) is 20.3 Å². The highest BCUT2D eigenvalue weighted by Gasteiger charge is 2.64. The molecule has 0 aliphatic heterocycles. The fourth-order valence-corrected chi connectivity index (χ4v) is 5.91. The molecule has 5 rings (SSSR count). The first-order chi connectivity index (χ1) is 15.7. The molecule has 33 heavy (non-hydrogen) atoms. The van der Waals surface area contributed by atoms with Crippen LogP contribution < -0.4 is 0 Å². The first-order valence-corrected chi connectivity index (χ1v) is 11.2. The van der Waals surface area contributed by atoms with E-state index in [-0.39, 0.29) is 34.3 Å². The minimum atomic E-state index is -0.661. The van der Waals surface area contributed by atoms with Crippen LogP contribution in [-0.4, -0.2) is 39.3 Å². The second kappa shape index (κ2) is 7.43. The number of nitrogens with zero attached hydrogens (tertiary/aromatic N) is 4. The number of carbonyl (C=O) groups excluding carboxylic acids is 1. The predicted molar refractivity (Wildman–Crippen MR) is 118 cm³/mol. The Labute approximate surface area is 191 Å². The SMILES string of the molecule is CCN(CC12CC[C@@H](c3cc(-c4c(F)cccc4F)nnc31)C2(C)C)C(=O)c1cc(C)no1. The second-order valence-electron chi connectivity index (χ2n) is 9.68. The van der Waals surface area contributed by atoms with Gasteiger partial charge in [-0.15, -0.1) is 0 Å². The van der Waals surface area contributed by atoms with E-state index in [4.69, 9.17) is 4.52 Å². The van der Waals surface area contributed by atoms with Crippen LogP contribution in [0.1, 0.15) is 67.0 Å². The van der Waals surface area contributed by atoms with E-state index in [9.17, 15) is 13.6 Å². The summed E-state index contributed by atoms with van der Waals surface area (Å²) in [7, 11) is 0. The van der Waals surface area contributed by atoms with Crippen molar-refractivity contribution < 1.29 is 18.1 Å². The molecule has 2 aliphatic carbocycles. The normalized spacial score (nSPS) is 22.4. The average molecular weight is 453 g/mol. The number of rotatable bonds is 5. The molecule has 6 nitrogen and oxygen atoms in total. The third-order valence-corrected chi connectivity index (χ3v) is 7.80. The van der Waals surface area contributed by atoms with Gasteiger partial charge in [0.05, 0.1) is 22.6 Å². The van der Waals surface area contributed by atoms with Gasteiger partial charge in [-0.1, -0.05) is 25.1 Å². The van der Waals surface area contributed by atoms with Crippen LogP contribution in [0.5, 0.6) is 0 Å². The molecular weight excluding hydrogens is 426 g/mol. The Hall–Kier alpha value is -3.16. The molecule has 1 aromatic carbocycles. The van der Waals surface area contributed by atoms with Crippen molar-refractivity contribution in [3.8, 4) is 11.3 Å². The standard InChI is InChI=1S/C25H26F2N4O2/c1-5-31(23(32)20-11-14(2)30-33-20)13-25-10-9-16(24(25,3)4)15-12-19(28-29-22(15)25)21-17(26)7-6-8-18(21)27/h6-8,11-12,16H,5,9-10,13H2,1-4H3/t16-,25?/m0/s1. The van der Waals surface area contributed by atoms with Crippen LogP contribution in [0.4, 0.5) is 8.78 Å². The van der Waals surface area contributed by atoms with E-state index < -0.39 is 17.0 Å². The van der Waals surface area contributed by atoms with Gasteiger partial charge in [-0.2, -0.15) is 10.2 Å². The molecule has 2 bridgehead atoms. The van der Waals surface area contributed by atoms with Crippen molar-refractivity contribution in [2.75, 3.05) is 13.1 Å². The Morgan fingerprint density at radius 2 is 1.94 bits per heavy atom. The largest absolute Gasteiger partial charge is 0.351 e. The fraction of sp³-hybridized carbons (Fsp3) is 0.440. The van der Waals surface area contributed by atoms with Gasteiger partial charge in [0.1, 0.15) is 11.6 Å². The van der Waals surface area contributed by atoms with Crippen LogP contribution in [0.25, 0.3) is 11.3 Å². The number of benzene rings is 1. The highest BCUT2D eigenvalue weighted by atomic mass is 19.1. The smallest absolute Gasteiger partial charge is 0.292 e. The first kappa shape index (κ1) is 21.7. The van der Waals surface area contributed by atoms with Gasteiger partial charge in [-0.05, 0) is 61.8 Å². The van der Waals surface area contributed by atoms with Crippen LogP contribution in [0.15, 0.2) is 34.9 Å². The molecule has 0 N–H and O–H groups in total. The molecule has 1 saturated carbocycles. The summed E-state index contributed by atoms with van der Waals surface area (Å²) in [6.07, 6.45) is 1.77. The molecule has 3 aromatic rings. The molecule has 0 spiro atoms. The molecule has 1 fully saturated rings. The number of likely N-dealkylation sites (N-methyl/N-ethyl adjacent to an activating group) is 1. The molecule has 2 heterocycles. The summed E-state index contributed by atoms with van der Waals surface area (Å²) in [6.45, 7) is 9.05. The lowest BCUT2D eigenvalue weighted by molar-refractivity contribution is 0.0612. The van der Waals surface area contributed by atoms with E-state index in [1.807, 2.05) is 6.92 Å². The number of hydrogen-bond donors (Lipinski definition) is 0. The van der Waals surface area contributed by atoms with Gasteiger partial charge in [-0.25, -0.2) is 8.78 Å². The Morgan fingerprint density at radius 3 is 2.58 bits per heavy atom. The molecule has 0 radical (unpaired) electrons. The molecule has 2 aromatic heterocycles. The molecule has 2 atom stereocenters. The molecule has 172 valence electrons. The third kappa shape index (κ3) is 3.03. The van der Waals surface area contributed by atoms with Crippen molar-refractivity contribution >= 4 is 5.91 Å². The summed E-state index contributed by atoms with van der Waals surface area (Å²) < 4.78 is 34.0. The molecule has 8 heteroatoms. The second-order valence-corrected chi connectivity index (χ2v) is 9.68. The first-order valence-electron chi connectivity index (χ1n) is 11.2. The zero-order valence-electron chi connectivity index (χ0n) is 19.2. The van der Waals surface area contributed by atoms with Gasteiger partial charge >= 0.3 is 0 Å². The number of halogens is 2. The Balaban J connectivity index is 1.56. The summed E-state index contributed by atoms with van der Waals surface area (Å²) >= 11 is 0. The van der Waals surface area contributed by atoms with Gasteiger partial charge in [0.2, 0.25) is 5.76 Å². The number of aryl methyl sites for hydroxylation is 1. The van der Waals surface area contributed by atoms with Crippen LogP contribution in [-0.2, 0) is 5.41 Å². The minimum absolute atomic E-state index is 0.159. The quantitative estimate of drug-likeness (QED) is 0.543. The summed E-state index contributed by atoms with van der Waals surface area (Å²) in [5, 5.41) is 12.6. The van der Waals surface area contributed by atoms with Crippen molar-refractivity contribution in [3.63, 3.8) is 0 Å². The summed E-state index contributed by atoms with van der Waals surface area (Å²) in [5.41, 5.74) is 1.87. The van der Waals surface area contributed by atoms with Crippen LogP contribution in [0.3, 0.4) is 0 Å². The lowest BCUT2D eigenvalue weighted by Gasteiger charge is -2.41. The highest BCUT2D eigenvalue weighted by molar-refractivity contribution is 5.91. The van der Waals surface area contributed by atoms with E-state index in [0.717, 1.165) is 24.1 Å². The Morgan fingerprint density at radius 1 is 1.21 bits per heavy atom. The lowest BCUT2D eigenvalue weighted by Crippen LogP contribution is -2.48. The third-order valence-electron chi connectivity index (χ3n) is 7.80. The maximum atomic E-state index is 14.4. The van der Waals surface area contributed by atoms with Crippen molar-refractivity contribution in [1.29, 1.82) is 0 Å². The maximum Gasteiger partial charge on any atom is 0.292 e. The van der Waals surface area contributed by atoms with Crippen LogP contribution >= 0.6 is 0 Å². The predicted octanol–water partition coefficient (Wildman–Crippen LogP) is 5.04. The average Bonchev–Trinajstić information content (AvgIpc) is 3.37. The molecule has 2 aliphatic rings. The van der Waals surface area contributed by atoms with E-state index in [0.29, 0.717) is 18.8 Å². The molecule has 0 saturated heterocycles. The Kier molecular flexibility index (Phi) is 4.88. The van der Waals surface area contributed by atoms with Crippen molar-refractivity contribution in [2.24, 2.45) is 5.41 Å². The molecule has 1 unspecified atom stereocenters. The monoisotopic (exact) mass is 452 g/mol. The van der Waals surface area contributed by atoms with Crippen molar-refractivity contribution in [2.45, 2.75) is 51.9 Å². The Bertz CT molecular complexity index is 1230. The maximum absolute atomic E-state index is 14.4. The van der Waals surface area contributed by atoms with E-state index in [2.05, 4.69) is 29.2 Å². The fourth-order valence-electron chi connectivity index (χ4n) is 5.91. The van der Waals surface area contributed by atoms with Gasteiger partial charge in [-0.3, -0.25) is 4.79 Å².